The summed E-state index contributed by atoms with van der Waals surface area (Å²) >= 11 is 0. The van der Waals surface area contributed by atoms with Gasteiger partial charge in [-0.2, -0.15) is 5.26 Å². The minimum Gasteiger partial charge on any atom is -0.383 e. The molecule has 0 fully saturated rings. The highest BCUT2D eigenvalue weighted by atomic mass is 15.0. The Balaban J connectivity index is 3.63. The number of nitriles is 1. The summed E-state index contributed by atoms with van der Waals surface area (Å²) < 4.78 is 0. The third-order valence-corrected chi connectivity index (χ3v) is 0.584. The lowest BCUT2D eigenvalue weighted by molar-refractivity contribution is 0.564. The Morgan fingerprint density at radius 1 is 1.44 bits per heavy atom. The van der Waals surface area contributed by atoms with Crippen LogP contribution in [-0.4, -0.2) is 19.0 Å². The fourth-order valence-corrected chi connectivity index (χ4v) is 0.260. The van der Waals surface area contributed by atoms with Crippen LogP contribution in [0.5, 0.6) is 0 Å². The third kappa shape index (κ3) is 6.59. The second-order valence-corrected chi connectivity index (χ2v) is 1.66. The van der Waals surface area contributed by atoms with Crippen LogP contribution in [0.25, 0.3) is 0 Å². The first-order valence-electron chi connectivity index (χ1n) is 2.50. The van der Waals surface area contributed by atoms with E-state index in [1.165, 1.54) is 0 Å². The number of allylic oxidation sites excluding steroid dienone is 1. The molecule has 0 heterocycles. The van der Waals surface area contributed by atoms with Crippen LogP contribution in [0.4, 0.5) is 0 Å². The maximum absolute atomic E-state index is 7.96. The van der Waals surface area contributed by atoms with Gasteiger partial charge in [-0.15, -0.1) is 0 Å². The van der Waals surface area contributed by atoms with Crippen LogP contribution in [0.2, 0.25) is 0 Å². The van der Waals surface area contributed by atoms with Crippen LogP contribution >= 0.6 is 0 Å². The van der Waals surface area contributed by atoms with E-state index in [1.54, 1.807) is 18.3 Å². The standard InChI is InChI=1S/C7H8N2/c1-9(2)7-5-3-4-6-8/h5,7H,1-2H3/b7-5-. The van der Waals surface area contributed by atoms with Crippen molar-refractivity contribution in [3.8, 4) is 17.9 Å². The number of rotatable bonds is 1. The van der Waals surface area contributed by atoms with Crippen LogP contribution in [0.15, 0.2) is 12.3 Å². The molecule has 0 unspecified atom stereocenters. The molecule has 0 N–H and O–H groups in total. The Bertz CT molecular complexity index is 185. The third-order valence-electron chi connectivity index (χ3n) is 0.584. The van der Waals surface area contributed by atoms with E-state index in [0.29, 0.717) is 0 Å². The number of hydrogen-bond donors (Lipinski definition) is 0. The van der Waals surface area contributed by atoms with E-state index < -0.39 is 0 Å². The van der Waals surface area contributed by atoms with Crippen molar-refractivity contribution in [2.24, 2.45) is 0 Å². The van der Waals surface area contributed by atoms with Gasteiger partial charge >= 0.3 is 0 Å². The van der Waals surface area contributed by atoms with E-state index >= 15 is 0 Å². The maximum Gasteiger partial charge on any atom is 0.152 e. The molecule has 0 bridgehead atoms. The molecule has 0 saturated heterocycles. The quantitative estimate of drug-likeness (QED) is 0.473. The zero-order valence-electron chi connectivity index (χ0n) is 5.55. The van der Waals surface area contributed by atoms with Crippen molar-refractivity contribution in [1.82, 2.24) is 4.90 Å². The minimum absolute atomic E-state index is 1.63. The zero-order valence-corrected chi connectivity index (χ0v) is 5.55. The van der Waals surface area contributed by atoms with Crippen LogP contribution in [0, 0.1) is 23.2 Å². The van der Waals surface area contributed by atoms with Gasteiger partial charge in [0.2, 0.25) is 0 Å². The smallest absolute Gasteiger partial charge is 0.152 e. The average molecular weight is 120 g/mol. The Morgan fingerprint density at radius 2 is 2.11 bits per heavy atom. The Labute approximate surface area is 55.4 Å². The molecule has 0 aliphatic heterocycles. The predicted molar refractivity (Wildman–Crippen MR) is 36.2 cm³/mol. The highest BCUT2D eigenvalue weighted by Crippen LogP contribution is 1.73. The number of nitrogens with zero attached hydrogens (tertiary/aromatic N) is 2. The molecule has 0 rings (SSSR count). The zero-order chi connectivity index (χ0) is 7.11. The van der Waals surface area contributed by atoms with Gasteiger partial charge in [0.25, 0.3) is 0 Å². The van der Waals surface area contributed by atoms with E-state index in [-0.39, 0.29) is 0 Å². The second kappa shape index (κ2) is 4.74. The highest BCUT2D eigenvalue weighted by Gasteiger charge is 1.69. The highest BCUT2D eigenvalue weighted by molar-refractivity contribution is 5.24. The summed E-state index contributed by atoms with van der Waals surface area (Å²) in [4.78, 5) is 1.85. The summed E-state index contributed by atoms with van der Waals surface area (Å²) in [5, 5.41) is 7.96. The van der Waals surface area contributed by atoms with Gasteiger partial charge in [0.05, 0.1) is 0 Å². The van der Waals surface area contributed by atoms with Crippen LogP contribution in [0.1, 0.15) is 0 Å². The van der Waals surface area contributed by atoms with Gasteiger partial charge in [0.15, 0.2) is 6.07 Å². The summed E-state index contributed by atoms with van der Waals surface area (Å²) in [6.45, 7) is 0. The van der Waals surface area contributed by atoms with Crippen LogP contribution < -0.4 is 0 Å². The topological polar surface area (TPSA) is 27.0 Å². The van der Waals surface area contributed by atoms with Crippen LogP contribution in [0.3, 0.4) is 0 Å². The van der Waals surface area contributed by atoms with E-state index in [0.717, 1.165) is 0 Å². The summed E-state index contributed by atoms with van der Waals surface area (Å²) in [5.41, 5.74) is 0. The van der Waals surface area contributed by atoms with E-state index in [1.807, 2.05) is 19.0 Å². The minimum atomic E-state index is 1.63. The summed E-state index contributed by atoms with van der Waals surface area (Å²) in [6, 6.07) is 1.71. The Kier molecular flexibility index (Phi) is 4.00. The molecule has 46 valence electrons. The van der Waals surface area contributed by atoms with Gasteiger partial charge in [0.1, 0.15) is 0 Å². The average Bonchev–Trinajstić information content (AvgIpc) is 1.80. The van der Waals surface area contributed by atoms with Crippen molar-refractivity contribution in [3.63, 3.8) is 0 Å². The molecule has 9 heavy (non-hydrogen) atoms. The molecule has 0 spiro atoms. The van der Waals surface area contributed by atoms with Gasteiger partial charge in [0, 0.05) is 32.3 Å². The summed E-state index contributed by atoms with van der Waals surface area (Å²) in [6.07, 6.45) is 3.41. The van der Waals surface area contributed by atoms with Crippen LogP contribution in [-0.2, 0) is 0 Å². The van der Waals surface area contributed by atoms with Crippen molar-refractivity contribution in [2.75, 3.05) is 14.1 Å². The molecule has 0 amide bonds. The Hall–Kier alpha value is -1.41. The van der Waals surface area contributed by atoms with Crippen molar-refractivity contribution < 1.29 is 0 Å². The maximum atomic E-state index is 7.96. The molecule has 0 aliphatic carbocycles. The molecule has 2 heteroatoms. The summed E-state index contributed by atoms with van der Waals surface area (Å²) in [7, 11) is 3.79. The molecule has 0 aliphatic rings. The lowest BCUT2D eigenvalue weighted by Crippen LogP contribution is -1.99. The molecular weight excluding hydrogens is 112 g/mol. The predicted octanol–water partition coefficient (Wildman–Crippen LogP) is 0.589. The molecule has 0 aromatic carbocycles. The first kappa shape index (κ1) is 7.59. The number of hydrogen-bond acceptors (Lipinski definition) is 2. The van der Waals surface area contributed by atoms with E-state index in [4.69, 9.17) is 5.26 Å². The lowest BCUT2D eigenvalue weighted by Gasteiger charge is -1.99. The first-order valence-corrected chi connectivity index (χ1v) is 2.50. The first-order chi connectivity index (χ1) is 4.27. The fraction of sp³-hybridized carbons (Fsp3) is 0.286. The second-order valence-electron chi connectivity index (χ2n) is 1.66. The van der Waals surface area contributed by atoms with Crippen molar-refractivity contribution in [3.05, 3.63) is 12.3 Å². The van der Waals surface area contributed by atoms with Gasteiger partial charge in [-0.25, -0.2) is 0 Å². The molecular formula is C7H8N2. The van der Waals surface area contributed by atoms with Gasteiger partial charge < -0.3 is 4.90 Å². The van der Waals surface area contributed by atoms with E-state index in [2.05, 4.69) is 11.8 Å². The molecule has 0 saturated carbocycles. The van der Waals surface area contributed by atoms with Gasteiger partial charge in [-0.05, 0) is 0 Å². The molecule has 0 atom stereocenters. The largest absolute Gasteiger partial charge is 0.383 e. The van der Waals surface area contributed by atoms with Gasteiger partial charge in [-0.1, -0.05) is 5.92 Å². The normalized spacial score (nSPS) is 7.67. The fourth-order valence-electron chi connectivity index (χ4n) is 0.260. The molecule has 0 aromatic heterocycles. The lowest BCUT2D eigenvalue weighted by atomic mass is 10.5. The Morgan fingerprint density at radius 3 is 2.56 bits per heavy atom. The molecule has 0 aromatic rings. The van der Waals surface area contributed by atoms with Crippen molar-refractivity contribution >= 4 is 0 Å². The van der Waals surface area contributed by atoms with E-state index in [9.17, 15) is 0 Å². The molecule has 2 nitrogen and oxygen atoms in total. The monoisotopic (exact) mass is 120 g/mol. The van der Waals surface area contributed by atoms with Crippen molar-refractivity contribution in [2.45, 2.75) is 0 Å². The summed E-state index contributed by atoms with van der Waals surface area (Å²) in [5.74, 6) is 4.78. The molecule has 0 radical (unpaired) electrons. The van der Waals surface area contributed by atoms with Crippen molar-refractivity contribution in [1.29, 1.82) is 5.26 Å². The SMILES string of the molecule is CN(C)/C=C\C#CC#N. The van der Waals surface area contributed by atoms with Gasteiger partial charge in [-0.3, -0.25) is 0 Å².